The van der Waals surface area contributed by atoms with Gasteiger partial charge in [-0.05, 0) is 18.3 Å². The second-order valence-electron chi connectivity index (χ2n) is 3.67. The van der Waals surface area contributed by atoms with E-state index < -0.39 is 12.3 Å². The highest BCUT2D eigenvalue weighted by molar-refractivity contribution is 7.80. The lowest BCUT2D eigenvalue weighted by atomic mass is 10.1. The first-order valence-corrected chi connectivity index (χ1v) is 6.03. The third-order valence-electron chi connectivity index (χ3n) is 2.31. The molecule has 0 spiro atoms. The smallest absolute Gasteiger partial charge is 0.429 e. The van der Waals surface area contributed by atoms with Gasteiger partial charge in [0.05, 0.1) is 5.02 Å². The Balaban J connectivity index is 2.31. The minimum atomic E-state index is -4.68. The summed E-state index contributed by atoms with van der Waals surface area (Å²) < 4.78 is 45.3. The molecule has 1 atom stereocenters. The standard InChI is InChI=1S/C11H7ClF3N3OS/c12-8-1-2-16-5-7(8)9(11(13,14)15)19-10(20)18-4-3-17-6-18/h1-6,9H. The number of halogens is 4. The summed E-state index contributed by atoms with van der Waals surface area (Å²) in [6, 6.07) is 1.25. The molecule has 2 rings (SSSR count). The average molecular weight is 322 g/mol. The van der Waals surface area contributed by atoms with Gasteiger partial charge in [0, 0.05) is 30.4 Å². The van der Waals surface area contributed by atoms with Crippen LogP contribution in [0, 0.1) is 0 Å². The molecule has 9 heteroatoms. The Labute approximate surface area is 122 Å². The summed E-state index contributed by atoms with van der Waals surface area (Å²) in [6.07, 6.45) is -0.711. The highest BCUT2D eigenvalue weighted by atomic mass is 35.5. The molecule has 0 aliphatic rings. The Morgan fingerprint density at radius 3 is 2.65 bits per heavy atom. The molecule has 2 heterocycles. The first-order valence-electron chi connectivity index (χ1n) is 5.24. The molecule has 0 bridgehead atoms. The minimum absolute atomic E-state index is 0.101. The molecular formula is C11H7ClF3N3OS. The predicted octanol–water partition coefficient (Wildman–Crippen LogP) is 3.38. The molecule has 2 aromatic rings. The number of imidazole rings is 1. The van der Waals surface area contributed by atoms with Crippen molar-refractivity contribution in [2.45, 2.75) is 12.3 Å². The van der Waals surface area contributed by atoms with Crippen LogP contribution in [-0.2, 0) is 4.74 Å². The van der Waals surface area contributed by atoms with Crippen LogP contribution in [0.2, 0.25) is 5.02 Å². The maximum absolute atomic E-state index is 13.1. The van der Waals surface area contributed by atoms with Gasteiger partial charge < -0.3 is 4.74 Å². The number of thiocarbonyl (C=S) groups is 1. The Kier molecular flexibility index (Phi) is 4.24. The van der Waals surface area contributed by atoms with Crippen molar-refractivity contribution in [2.75, 3.05) is 0 Å². The summed E-state index contributed by atoms with van der Waals surface area (Å²) in [6.45, 7) is 0. The van der Waals surface area contributed by atoms with Crippen LogP contribution in [-0.4, -0.2) is 25.9 Å². The van der Waals surface area contributed by atoms with Crippen LogP contribution in [0.1, 0.15) is 11.7 Å². The van der Waals surface area contributed by atoms with Crippen LogP contribution in [0.5, 0.6) is 0 Å². The number of hydrogen-bond acceptors (Lipinski definition) is 4. The molecule has 0 radical (unpaired) electrons. The van der Waals surface area contributed by atoms with E-state index in [0.717, 1.165) is 10.8 Å². The summed E-state index contributed by atoms with van der Waals surface area (Å²) in [5, 5.41) is -0.486. The third kappa shape index (κ3) is 3.26. The number of ether oxygens (including phenoxy) is 1. The first-order chi connectivity index (χ1) is 9.39. The molecule has 106 valence electrons. The van der Waals surface area contributed by atoms with E-state index in [9.17, 15) is 13.2 Å². The molecule has 0 aliphatic heterocycles. The molecule has 0 saturated heterocycles. The number of rotatable bonds is 2. The van der Waals surface area contributed by atoms with Crippen LogP contribution in [0.25, 0.3) is 0 Å². The van der Waals surface area contributed by atoms with Gasteiger partial charge in [0.25, 0.3) is 5.17 Å². The van der Waals surface area contributed by atoms with Crippen molar-refractivity contribution in [1.29, 1.82) is 0 Å². The van der Waals surface area contributed by atoms with E-state index in [1.165, 1.54) is 31.0 Å². The van der Waals surface area contributed by atoms with Crippen molar-refractivity contribution in [3.8, 4) is 0 Å². The van der Waals surface area contributed by atoms with E-state index in [1.54, 1.807) is 0 Å². The SMILES string of the molecule is FC(F)(F)C(OC(=S)n1ccnc1)c1cnccc1Cl. The van der Waals surface area contributed by atoms with Crippen LogP contribution in [0.4, 0.5) is 13.2 Å². The van der Waals surface area contributed by atoms with E-state index in [2.05, 4.69) is 9.97 Å². The molecule has 1 unspecified atom stereocenters. The molecule has 0 fully saturated rings. The summed E-state index contributed by atoms with van der Waals surface area (Å²) in [7, 11) is 0. The van der Waals surface area contributed by atoms with E-state index in [4.69, 9.17) is 28.6 Å². The number of hydrogen-bond donors (Lipinski definition) is 0. The van der Waals surface area contributed by atoms with Crippen molar-refractivity contribution in [3.63, 3.8) is 0 Å². The molecule has 0 N–H and O–H groups in total. The fourth-order valence-electron chi connectivity index (χ4n) is 1.42. The molecule has 0 aromatic carbocycles. The van der Waals surface area contributed by atoms with E-state index in [0.29, 0.717) is 0 Å². The molecule has 0 aliphatic carbocycles. The second-order valence-corrected chi connectivity index (χ2v) is 4.43. The lowest BCUT2D eigenvalue weighted by Gasteiger charge is -2.22. The van der Waals surface area contributed by atoms with Gasteiger partial charge in [0.2, 0.25) is 6.10 Å². The third-order valence-corrected chi connectivity index (χ3v) is 2.96. The van der Waals surface area contributed by atoms with Crippen molar-refractivity contribution >= 4 is 29.0 Å². The van der Waals surface area contributed by atoms with Gasteiger partial charge in [-0.15, -0.1) is 0 Å². The maximum atomic E-state index is 13.1. The van der Waals surface area contributed by atoms with Crippen LogP contribution >= 0.6 is 23.8 Å². The Bertz CT molecular complexity index is 603. The molecule has 0 saturated carbocycles. The minimum Gasteiger partial charge on any atom is -0.452 e. The molecule has 4 nitrogen and oxygen atoms in total. The second kappa shape index (κ2) is 5.76. The van der Waals surface area contributed by atoms with E-state index >= 15 is 0 Å². The van der Waals surface area contributed by atoms with Gasteiger partial charge in [0.1, 0.15) is 6.33 Å². The Morgan fingerprint density at radius 1 is 1.35 bits per heavy atom. The summed E-state index contributed by atoms with van der Waals surface area (Å²) >= 11 is 10.6. The highest BCUT2D eigenvalue weighted by Gasteiger charge is 2.45. The van der Waals surface area contributed by atoms with E-state index in [1.807, 2.05) is 0 Å². The van der Waals surface area contributed by atoms with Crippen LogP contribution < -0.4 is 0 Å². The van der Waals surface area contributed by atoms with Gasteiger partial charge in [-0.3, -0.25) is 9.55 Å². The van der Waals surface area contributed by atoms with Crippen molar-refractivity contribution in [3.05, 3.63) is 47.8 Å². The van der Waals surface area contributed by atoms with Crippen molar-refractivity contribution in [1.82, 2.24) is 14.5 Å². The van der Waals surface area contributed by atoms with Gasteiger partial charge >= 0.3 is 6.18 Å². The fourth-order valence-corrected chi connectivity index (χ4v) is 1.83. The van der Waals surface area contributed by atoms with Crippen LogP contribution in [0.15, 0.2) is 37.2 Å². The highest BCUT2D eigenvalue weighted by Crippen LogP contribution is 2.38. The topological polar surface area (TPSA) is 39.9 Å². The van der Waals surface area contributed by atoms with Gasteiger partial charge in [0.15, 0.2) is 0 Å². The van der Waals surface area contributed by atoms with Crippen LogP contribution in [0.3, 0.4) is 0 Å². The number of alkyl halides is 3. The average Bonchev–Trinajstić information content (AvgIpc) is 2.89. The lowest BCUT2D eigenvalue weighted by Crippen LogP contribution is -2.28. The normalized spacial score (nSPS) is 13.0. The Morgan fingerprint density at radius 2 is 2.10 bits per heavy atom. The quantitative estimate of drug-likeness (QED) is 0.795. The first kappa shape index (κ1) is 14.7. The molecule has 2 aromatic heterocycles. The zero-order valence-electron chi connectivity index (χ0n) is 9.71. The van der Waals surface area contributed by atoms with Crippen molar-refractivity contribution < 1.29 is 17.9 Å². The maximum Gasteiger partial charge on any atom is 0.429 e. The summed E-state index contributed by atoms with van der Waals surface area (Å²) in [5.41, 5.74) is -0.302. The Hall–Kier alpha value is -1.67. The molecule has 0 amide bonds. The summed E-state index contributed by atoms with van der Waals surface area (Å²) in [5.74, 6) is 0. The molecular weight excluding hydrogens is 315 g/mol. The van der Waals surface area contributed by atoms with Crippen molar-refractivity contribution in [2.24, 2.45) is 0 Å². The predicted molar refractivity (Wildman–Crippen MR) is 69.4 cm³/mol. The summed E-state index contributed by atoms with van der Waals surface area (Å²) in [4.78, 5) is 7.30. The fraction of sp³-hybridized carbons (Fsp3) is 0.182. The zero-order valence-corrected chi connectivity index (χ0v) is 11.3. The van der Waals surface area contributed by atoms with Gasteiger partial charge in [-0.2, -0.15) is 13.2 Å². The lowest BCUT2D eigenvalue weighted by molar-refractivity contribution is -0.201. The van der Waals surface area contributed by atoms with E-state index in [-0.39, 0.29) is 15.8 Å². The van der Waals surface area contributed by atoms with Gasteiger partial charge in [-0.1, -0.05) is 11.6 Å². The zero-order chi connectivity index (χ0) is 14.8. The van der Waals surface area contributed by atoms with Gasteiger partial charge in [-0.25, -0.2) is 4.98 Å². The number of nitrogens with zero attached hydrogens (tertiary/aromatic N) is 3. The molecule has 20 heavy (non-hydrogen) atoms. The number of pyridine rings is 1. The monoisotopic (exact) mass is 321 g/mol. The largest absolute Gasteiger partial charge is 0.452 e. The number of aromatic nitrogens is 3.